The predicted octanol–water partition coefficient (Wildman–Crippen LogP) is 2.85. The lowest BCUT2D eigenvalue weighted by molar-refractivity contribution is 0.0765. The standard InChI is InChI=1S/C11H23N3O2.C9H20N2.C8H19N3.C7H15N.C6H14N2.C6H13NO/c1-3-16-11(15)13-6-9-14-7-4-10(12-2)5-8-14;1-2-9-3-6-11(7-4-9)8-5-10;1-10-8-2-5-11(6-3-8)7-4-9;1-2-7-3-5-8-6-4-7;1-7-6-2-4-8-5-3-6;1-8-6-2-4-7-5-3-6/h10,12H,3-9H2,1-2H3,(H,13,15);9H,2-8,10H2,1H3;8,10H,2-7,9H2,1H3;7-8H,2-6H2,1H3;6-8H,2-5H2,1H3;6-7H,2-5H2,1H3. The van der Waals surface area contributed by atoms with Crippen molar-refractivity contribution < 1.29 is 14.3 Å². The van der Waals surface area contributed by atoms with Gasteiger partial charge in [-0.05, 0) is 195 Å². The van der Waals surface area contributed by atoms with Gasteiger partial charge in [-0.25, -0.2) is 4.79 Å². The highest BCUT2D eigenvalue weighted by atomic mass is 16.5. The molecule has 0 bridgehead atoms. The molecule has 11 N–H and O–H groups in total. The van der Waals surface area contributed by atoms with Crippen LogP contribution < -0.4 is 48.7 Å². The average Bonchev–Trinajstić information content (AvgIpc) is 3.34. The van der Waals surface area contributed by atoms with E-state index in [9.17, 15) is 4.79 Å². The van der Waals surface area contributed by atoms with E-state index in [0.717, 1.165) is 82.8 Å². The minimum absolute atomic E-state index is 0.312. The first-order chi connectivity index (χ1) is 30.3. The third-order valence-corrected chi connectivity index (χ3v) is 13.5. The first-order valence-corrected chi connectivity index (χ1v) is 25.4. The van der Waals surface area contributed by atoms with Gasteiger partial charge >= 0.3 is 6.09 Å². The number of piperidine rings is 6. The Bertz CT molecular complexity index is 880. The lowest BCUT2D eigenvalue weighted by Crippen LogP contribution is -2.44. The summed E-state index contributed by atoms with van der Waals surface area (Å²) in [4.78, 5) is 18.3. The van der Waals surface area contributed by atoms with E-state index in [4.69, 9.17) is 20.9 Å². The summed E-state index contributed by atoms with van der Waals surface area (Å²) in [6.07, 6.45) is 18.4. The van der Waals surface area contributed by atoms with Crippen LogP contribution in [0.2, 0.25) is 0 Å². The number of amides is 1. The van der Waals surface area contributed by atoms with Crippen molar-refractivity contribution in [1.29, 1.82) is 0 Å². The SMILES string of the molecule is CCC1CCN(CCN)CC1.CCC1CCNCC1.CCOC(=O)NCCN1CCC(NC)CC1.CNC1CCN(CCN)CC1.CNC1CCNCC1.COC1CCNCC1. The summed E-state index contributed by atoms with van der Waals surface area (Å²) in [5.41, 5.74) is 11.0. The second kappa shape index (κ2) is 41.2. The number of methoxy groups -OCH3 is 1. The van der Waals surface area contributed by atoms with E-state index < -0.39 is 0 Å². The molecule has 62 heavy (non-hydrogen) atoms. The Labute approximate surface area is 382 Å². The molecule has 0 aromatic carbocycles. The number of nitrogens with two attached hydrogens (primary N) is 2. The molecule has 6 aliphatic rings. The van der Waals surface area contributed by atoms with Gasteiger partial charge in [0.05, 0.1) is 12.7 Å². The maximum atomic E-state index is 11.0. The smallest absolute Gasteiger partial charge is 0.407 e. The molecule has 0 atom stereocenters. The molecule has 6 rings (SSSR count). The molecule has 6 fully saturated rings. The molecule has 0 spiro atoms. The Kier molecular flexibility index (Phi) is 39.1. The van der Waals surface area contributed by atoms with Crippen molar-refractivity contribution in [2.75, 3.05) is 153 Å². The van der Waals surface area contributed by atoms with Gasteiger partial charge in [0.1, 0.15) is 0 Å². The average molecular weight is 885 g/mol. The summed E-state index contributed by atoms with van der Waals surface area (Å²) in [5, 5.41) is 22.5. The minimum Gasteiger partial charge on any atom is -0.450 e. The van der Waals surface area contributed by atoms with Gasteiger partial charge in [0, 0.05) is 64.5 Å². The van der Waals surface area contributed by atoms with Crippen molar-refractivity contribution in [2.45, 2.75) is 135 Å². The summed E-state index contributed by atoms with van der Waals surface area (Å²) >= 11 is 0. The molecule has 0 aromatic rings. The summed E-state index contributed by atoms with van der Waals surface area (Å²) in [5.74, 6) is 2.01. The lowest BCUT2D eigenvalue weighted by Gasteiger charge is -2.31. The molecule has 1 amide bonds. The molecule has 0 aromatic heterocycles. The molecule has 0 aliphatic carbocycles. The Morgan fingerprint density at radius 1 is 0.548 bits per heavy atom. The summed E-state index contributed by atoms with van der Waals surface area (Å²) in [7, 11) is 7.89. The van der Waals surface area contributed by atoms with Crippen LogP contribution >= 0.6 is 0 Å². The van der Waals surface area contributed by atoms with Crippen LogP contribution in [0.3, 0.4) is 0 Å². The number of likely N-dealkylation sites (tertiary alicyclic amines) is 3. The number of nitrogens with one attached hydrogen (secondary N) is 7. The van der Waals surface area contributed by atoms with Crippen molar-refractivity contribution in [3.05, 3.63) is 0 Å². The number of carbonyl (C=O) groups excluding carboxylic acids is 1. The fraction of sp³-hybridized carbons (Fsp3) is 0.979. The van der Waals surface area contributed by atoms with Crippen molar-refractivity contribution >= 4 is 6.09 Å². The number of nitrogens with zero attached hydrogens (tertiary/aromatic N) is 3. The normalized spacial score (nSPS) is 21.8. The summed E-state index contributed by atoms with van der Waals surface area (Å²) in [6, 6.07) is 2.18. The lowest BCUT2D eigenvalue weighted by atomic mass is 9.94. The summed E-state index contributed by atoms with van der Waals surface area (Å²) < 4.78 is 9.94. The summed E-state index contributed by atoms with van der Waals surface area (Å²) in [6.45, 7) is 26.5. The van der Waals surface area contributed by atoms with E-state index in [1.54, 1.807) is 7.11 Å². The van der Waals surface area contributed by atoms with Gasteiger partial charge in [0.2, 0.25) is 0 Å². The highest BCUT2D eigenvalue weighted by molar-refractivity contribution is 5.66. The predicted molar refractivity (Wildman–Crippen MR) is 263 cm³/mol. The molecular formula is C47H104N12O3. The monoisotopic (exact) mass is 885 g/mol. The molecule has 6 saturated heterocycles. The Morgan fingerprint density at radius 3 is 1.26 bits per heavy atom. The number of carbonyl (C=O) groups is 1. The molecule has 0 radical (unpaired) electrons. The zero-order chi connectivity index (χ0) is 45.5. The minimum atomic E-state index is -0.312. The molecule has 6 aliphatic heterocycles. The van der Waals surface area contributed by atoms with E-state index in [-0.39, 0.29) is 6.09 Å². The molecule has 15 heteroatoms. The highest BCUT2D eigenvalue weighted by Crippen LogP contribution is 2.19. The fourth-order valence-electron chi connectivity index (χ4n) is 8.80. The van der Waals surface area contributed by atoms with E-state index >= 15 is 0 Å². The first kappa shape index (κ1) is 58.8. The van der Waals surface area contributed by atoms with Crippen LogP contribution in [0.25, 0.3) is 0 Å². The van der Waals surface area contributed by atoms with Gasteiger partial charge < -0.3 is 72.9 Å². The zero-order valence-electron chi connectivity index (χ0n) is 41.5. The van der Waals surface area contributed by atoms with Crippen molar-refractivity contribution in [3.63, 3.8) is 0 Å². The quantitative estimate of drug-likeness (QED) is 0.124. The van der Waals surface area contributed by atoms with Gasteiger partial charge in [-0.15, -0.1) is 0 Å². The molecule has 370 valence electrons. The third-order valence-electron chi connectivity index (χ3n) is 13.5. The van der Waals surface area contributed by atoms with Crippen LogP contribution in [-0.2, 0) is 9.47 Å². The van der Waals surface area contributed by atoms with Crippen LogP contribution in [0.1, 0.15) is 111 Å². The van der Waals surface area contributed by atoms with Crippen LogP contribution in [0.15, 0.2) is 0 Å². The fourth-order valence-corrected chi connectivity index (χ4v) is 8.80. The van der Waals surface area contributed by atoms with Crippen LogP contribution in [-0.4, -0.2) is 198 Å². The molecular weight excluding hydrogens is 781 g/mol. The second-order valence-corrected chi connectivity index (χ2v) is 17.8. The maximum absolute atomic E-state index is 11.0. The van der Waals surface area contributed by atoms with E-state index in [2.05, 4.69) is 65.8 Å². The van der Waals surface area contributed by atoms with Crippen molar-refractivity contribution in [3.8, 4) is 0 Å². The molecule has 0 saturated carbocycles. The van der Waals surface area contributed by atoms with Crippen molar-refractivity contribution in [2.24, 2.45) is 23.3 Å². The van der Waals surface area contributed by atoms with Gasteiger partial charge in [-0.2, -0.15) is 0 Å². The molecule has 15 nitrogen and oxygen atoms in total. The largest absolute Gasteiger partial charge is 0.450 e. The van der Waals surface area contributed by atoms with Crippen molar-refractivity contribution in [1.82, 2.24) is 51.9 Å². The number of hydrogen-bond donors (Lipinski definition) is 9. The molecule has 6 heterocycles. The number of alkyl carbamates (subject to hydrolysis) is 1. The number of hydrogen-bond acceptors (Lipinski definition) is 14. The third kappa shape index (κ3) is 30.8. The van der Waals surface area contributed by atoms with Gasteiger partial charge in [0.15, 0.2) is 0 Å². The van der Waals surface area contributed by atoms with E-state index in [1.165, 1.54) is 142 Å². The molecule has 0 unspecified atom stereocenters. The number of ether oxygens (including phenoxy) is 2. The number of rotatable bonds is 14. The topological polar surface area (TPSA) is 182 Å². The highest BCUT2D eigenvalue weighted by Gasteiger charge is 2.19. The Balaban J connectivity index is 0.000000379. The van der Waals surface area contributed by atoms with Gasteiger partial charge in [-0.3, -0.25) is 0 Å². The van der Waals surface area contributed by atoms with Crippen LogP contribution in [0, 0.1) is 11.8 Å². The maximum Gasteiger partial charge on any atom is 0.407 e. The van der Waals surface area contributed by atoms with Crippen LogP contribution in [0.5, 0.6) is 0 Å². The van der Waals surface area contributed by atoms with E-state index in [1.807, 2.05) is 28.1 Å². The van der Waals surface area contributed by atoms with E-state index in [0.29, 0.717) is 25.3 Å². The first-order valence-electron chi connectivity index (χ1n) is 25.4. The Morgan fingerprint density at radius 2 is 0.919 bits per heavy atom. The van der Waals surface area contributed by atoms with Crippen LogP contribution in [0.4, 0.5) is 4.79 Å². The zero-order valence-corrected chi connectivity index (χ0v) is 41.5. The second-order valence-electron chi connectivity index (χ2n) is 17.8. The Hall–Kier alpha value is -1.21. The van der Waals surface area contributed by atoms with Gasteiger partial charge in [0.25, 0.3) is 0 Å². The van der Waals surface area contributed by atoms with Gasteiger partial charge in [-0.1, -0.05) is 26.7 Å².